The van der Waals surface area contributed by atoms with Crippen LogP contribution in [0.15, 0.2) is 53.6 Å². The smallest absolute Gasteiger partial charge is 0.402 e. The fraction of sp³-hybridized carbons (Fsp3) is 0.321. The number of nitrogens with one attached hydrogen (secondary N) is 1. The summed E-state index contributed by atoms with van der Waals surface area (Å²) in [5.41, 5.74) is 4.78. The first-order valence-electron chi connectivity index (χ1n) is 11.8. The highest BCUT2D eigenvalue weighted by Crippen LogP contribution is 2.47. The van der Waals surface area contributed by atoms with Crippen LogP contribution in [0.4, 0.5) is 4.39 Å². The first-order valence-corrected chi connectivity index (χ1v) is 14.1. The van der Waals surface area contributed by atoms with Crippen molar-refractivity contribution in [3.63, 3.8) is 0 Å². The van der Waals surface area contributed by atoms with Crippen molar-refractivity contribution in [3.8, 4) is 11.7 Å². The Kier molecular flexibility index (Phi) is 7.40. The number of hydrogen-bond donors (Lipinski definition) is 1. The monoisotopic (exact) mass is 557 g/mol. The molecule has 0 amide bonds. The SMILES string of the molecule is COc1cc[n+](-c2nc3cc4c(cc3[nH]2)C(C)(C)C(=O)C4(C)C)c(CSSc2cccc(F)c2)c1C.[Cl-]. The van der Waals surface area contributed by atoms with Crippen molar-refractivity contribution < 1.29 is 30.9 Å². The van der Waals surface area contributed by atoms with E-state index in [4.69, 9.17) is 9.72 Å². The van der Waals surface area contributed by atoms with E-state index in [1.807, 2.05) is 57.5 Å². The number of nitrogens with zero attached hydrogens (tertiary/aromatic N) is 2. The molecular formula is C28H29ClFN3O2S2. The van der Waals surface area contributed by atoms with E-state index < -0.39 is 10.8 Å². The van der Waals surface area contributed by atoms with Gasteiger partial charge in [-0.3, -0.25) is 4.79 Å². The Morgan fingerprint density at radius 3 is 2.46 bits per heavy atom. The minimum atomic E-state index is -0.550. The minimum absolute atomic E-state index is 0. The molecule has 0 unspecified atom stereocenters. The second-order valence-electron chi connectivity index (χ2n) is 10.2. The maximum absolute atomic E-state index is 13.6. The van der Waals surface area contributed by atoms with Gasteiger partial charge in [0.25, 0.3) is 0 Å². The van der Waals surface area contributed by atoms with Gasteiger partial charge in [0.1, 0.15) is 22.8 Å². The normalized spacial score (nSPS) is 15.5. The van der Waals surface area contributed by atoms with E-state index in [-0.39, 0.29) is 24.0 Å². The topological polar surface area (TPSA) is 58.9 Å². The number of aromatic nitrogens is 3. The first-order chi connectivity index (χ1) is 17.0. The number of ether oxygens (including phenoxy) is 1. The fourth-order valence-electron chi connectivity index (χ4n) is 5.17. The number of imidazole rings is 1. The van der Waals surface area contributed by atoms with Crippen LogP contribution in [0.1, 0.15) is 50.1 Å². The number of halogens is 2. The molecule has 0 bridgehead atoms. The summed E-state index contributed by atoms with van der Waals surface area (Å²) in [7, 11) is 4.83. The van der Waals surface area contributed by atoms with E-state index in [2.05, 4.69) is 17.1 Å². The van der Waals surface area contributed by atoms with Gasteiger partial charge in [0.15, 0.2) is 11.3 Å². The molecule has 0 fully saturated rings. The summed E-state index contributed by atoms with van der Waals surface area (Å²) in [5.74, 6) is 2.15. The van der Waals surface area contributed by atoms with Gasteiger partial charge < -0.3 is 17.1 Å². The molecule has 2 aromatic carbocycles. The Bertz CT molecular complexity index is 1460. The number of aromatic amines is 1. The molecular weight excluding hydrogens is 529 g/mol. The molecule has 2 aromatic heterocycles. The first kappa shape index (κ1) is 27.5. The highest BCUT2D eigenvalue weighted by atomic mass is 35.5. The lowest BCUT2D eigenvalue weighted by Gasteiger charge is -2.21. The molecule has 1 aliphatic carbocycles. The van der Waals surface area contributed by atoms with E-state index in [1.165, 1.54) is 22.9 Å². The number of methoxy groups -OCH3 is 1. The number of rotatable bonds is 6. The third-order valence-electron chi connectivity index (χ3n) is 7.15. The Hall–Kier alpha value is -2.55. The zero-order chi connectivity index (χ0) is 25.8. The van der Waals surface area contributed by atoms with Gasteiger partial charge in [-0.1, -0.05) is 32.6 Å². The number of carbonyl (C=O) groups is 1. The zero-order valence-electron chi connectivity index (χ0n) is 21.6. The number of benzene rings is 2. The molecule has 0 spiro atoms. The third kappa shape index (κ3) is 4.64. The van der Waals surface area contributed by atoms with E-state index in [1.54, 1.807) is 24.0 Å². The summed E-state index contributed by atoms with van der Waals surface area (Å²) < 4.78 is 21.2. The minimum Gasteiger partial charge on any atom is -1.00 e. The molecule has 1 N–H and O–H groups in total. The summed E-state index contributed by atoms with van der Waals surface area (Å²) in [6, 6.07) is 12.7. The highest BCUT2D eigenvalue weighted by Gasteiger charge is 2.50. The van der Waals surface area contributed by atoms with Crippen molar-refractivity contribution in [3.05, 3.63) is 76.9 Å². The van der Waals surface area contributed by atoms with Crippen LogP contribution < -0.4 is 21.7 Å². The van der Waals surface area contributed by atoms with Gasteiger partial charge in [-0.25, -0.2) is 13.9 Å². The van der Waals surface area contributed by atoms with Crippen LogP contribution in [0, 0.1) is 12.7 Å². The molecule has 4 aromatic rings. The lowest BCUT2D eigenvalue weighted by atomic mass is 9.80. The standard InChI is InChI=1S/C28H29FN3O2S2.ClH/c1-16-23(15-35-36-18-9-7-8-17(29)12-18)32(11-10-24(16)34-6)26-30-21-13-19-20(14-22(21)31-26)28(4,5)25(33)27(19,2)3;/h7-14H,15H2,1-6H3,(H,30,31);1H/q+1;/p-1. The Morgan fingerprint density at radius 1 is 1.08 bits per heavy atom. The van der Waals surface area contributed by atoms with Crippen molar-refractivity contribution >= 4 is 38.4 Å². The van der Waals surface area contributed by atoms with Gasteiger partial charge in [-0.15, -0.1) is 0 Å². The number of hydrogen-bond acceptors (Lipinski definition) is 5. The molecule has 5 rings (SSSR count). The Labute approximate surface area is 230 Å². The van der Waals surface area contributed by atoms with Gasteiger partial charge in [-0.05, 0) is 76.1 Å². The van der Waals surface area contributed by atoms with Crippen LogP contribution >= 0.6 is 21.6 Å². The van der Waals surface area contributed by atoms with Crippen LogP contribution in [0.3, 0.4) is 0 Å². The van der Waals surface area contributed by atoms with E-state index in [0.29, 0.717) is 11.7 Å². The molecule has 37 heavy (non-hydrogen) atoms. The average Bonchev–Trinajstić information content (AvgIpc) is 3.31. The second kappa shape index (κ2) is 9.97. The maximum atomic E-state index is 13.6. The van der Waals surface area contributed by atoms with Crippen LogP contribution in [-0.2, 0) is 21.4 Å². The molecule has 194 valence electrons. The van der Waals surface area contributed by atoms with Gasteiger partial charge >= 0.3 is 5.95 Å². The predicted molar refractivity (Wildman–Crippen MR) is 144 cm³/mol. The number of H-pyrrole nitrogens is 1. The van der Waals surface area contributed by atoms with E-state index >= 15 is 0 Å². The van der Waals surface area contributed by atoms with Crippen molar-refractivity contribution in [2.45, 2.75) is 56.1 Å². The fourth-order valence-corrected chi connectivity index (χ4v) is 7.36. The largest absolute Gasteiger partial charge is 1.00 e. The molecule has 0 saturated heterocycles. The number of ketones is 1. The summed E-state index contributed by atoms with van der Waals surface area (Å²) >= 11 is 0. The quantitative estimate of drug-likeness (QED) is 0.291. The van der Waals surface area contributed by atoms with Gasteiger partial charge in [0.2, 0.25) is 0 Å². The Balaban J connectivity index is 0.00000320. The van der Waals surface area contributed by atoms with E-state index in [0.717, 1.165) is 44.1 Å². The maximum Gasteiger partial charge on any atom is 0.402 e. The lowest BCUT2D eigenvalue weighted by molar-refractivity contribution is -0.610. The molecule has 0 atom stereocenters. The predicted octanol–water partition coefficient (Wildman–Crippen LogP) is 3.38. The van der Waals surface area contributed by atoms with Crippen molar-refractivity contribution in [1.82, 2.24) is 9.97 Å². The molecule has 5 nitrogen and oxygen atoms in total. The van der Waals surface area contributed by atoms with Gasteiger partial charge in [0, 0.05) is 27.4 Å². The van der Waals surface area contributed by atoms with Gasteiger partial charge in [0.05, 0.1) is 19.1 Å². The number of carbonyl (C=O) groups excluding carboxylic acids is 1. The average molecular weight is 558 g/mol. The van der Waals surface area contributed by atoms with Crippen molar-refractivity contribution in [2.75, 3.05) is 7.11 Å². The zero-order valence-corrected chi connectivity index (χ0v) is 24.0. The second-order valence-corrected chi connectivity index (χ2v) is 12.6. The van der Waals surface area contributed by atoms with Crippen LogP contribution in [-0.4, -0.2) is 22.9 Å². The van der Waals surface area contributed by atoms with Crippen LogP contribution in [0.25, 0.3) is 17.0 Å². The Morgan fingerprint density at radius 2 is 1.78 bits per heavy atom. The van der Waals surface area contributed by atoms with Crippen molar-refractivity contribution in [1.29, 1.82) is 0 Å². The third-order valence-corrected chi connectivity index (χ3v) is 9.39. The van der Waals surface area contributed by atoms with Crippen LogP contribution in [0.2, 0.25) is 0 Å². The summed E-state index contributed by atoms with van der Waals surface area (Å²) in [6.07, 6.45) is 1.96. The molecule has 1 aliphatic rings. The summed E-state index contributed by atoms with van der Waals surface area (Å²) in [6.45, 7) is 10.0. The summed E-state index contributed by atoms with van der Waals surface area (Å²) in [5, 5.41) is 0. The molecule has 0 saturated carbocycles. The van der Waals surface area contributed by atoms with Crippen molar-refractivity contribution in [2.24, 2.45) is 0 Å². The molecule has 0 radical (unpaired) electrons. The van der Waals surface area contributed by atoms with E-state index in [9.17, 15) is 9.18 Å². The molecule has 0 aliphatic heterocycles. The summed E-state index contributed by atoms with van der Waals surface area (Å²) in [4.78, 5) is 22.4. The number of Topliss-reactive ketones (excluding diaryl/α,β-unsaturated/α-hetero) is 1. The molecule has 2 heterocycles. The molecule has 9 heteroatoms. The van der Waals surface area contributed by atoms with Gasteiger partial charge in [-0.2, -0.15) is 0 Å². The van der Waals surface area contributed by atoms with Crippen LogP contribution in [0.5, 0.6) is 5.75 Å². The number of pyridine rings is 1. The lowest BCUT2D eigenvalue weighted by Crippen LogP contribution is -3.00. The number of fused-ring (bicyclic) bond motifs is 2. The highest BCUT2D eigenvalue weighted by molar-refractivity contribution is 8.76.